The zero-order valence-electron chi connectivity index (χ0n) is 10.1. The molecule has 0 unspecified atom stereocenters. The van der Waals surface area contributed by atoms with E-state index in [1.165, 1.54) is 19.4 Å². The van der Waals surface area contributed by atoms with Crippen LogP contribution >= 0.6 is 11.6 Å². The zero-order valence-corrected chi connectivity index (χ0v) is 10.9. The Bertz CT molecular complexity index is 594. The van der Waals surface area contributed by atoms with Crippen molar-refractivity contribution >= 4 is 23.3 Å². The molecule has 6 heteroatoms. The van der Waals surface area contributed by atoms with Gasteiger partial charge >= 0.3 is 5.97 Å². The Kier molecular flexibility index (Phi) is 3.97. The lowest BCUT2D eigenvalue weighted by Crippen LogP contribution is -1.99. The number of rotatable bonds is 5. The molecule has 0 bridgehead atoms. The molecule has 0 amide bonds. The maximum atomic E-state index is 10.7. The van der Waals surface area contributed by atoms with Gasteiger partial charge in [0, 0.05) is 11.8 Å². The van der Waals surface area contributed by atoms with Gasteiger partial charge in [-0.3, -0.25) is 0 Å². The summed E-state index contributed by atoms with van der Waals surface area (Å²) in [4.78, 5) is 10.7. The fourth-order valence-corrected chi connectivity index (χ4v) is 1.74. The van der Waals surface area contributed by atoms with Crippen LogP contribution < -0.4 is 10.1 Å². The van der Waals surface area contributed by atoms with E-state index in [9.17, 15) is 4.79 Å². The van der Waals surface area contributed by atoms with Gasteiger partial charge in [0.05, 0.1) is 24.2 Å². The number of carboxylic acid groups (broad SMARTS) is 1. The number of anilines is 1. The van der Waals surface area contributed by atoms with Crippen molar-refractivity contribution in [2.75, 3.05) is 12.4 Å². The number of benzene rings is 1. The fourth-order valence-electron chi connectivity index (χ4n) is 1.54. The average Bonchev–Trinajstić information content (AvgIpc) is 2.87. The van der Waals surface area contributed by atoms with Crippen molar-refractivity contribution in [3.63, 3.8) is 0 Å². The third-order valence-electron chi connectivity index (χ3n) is 2.52. The molecule has 19 heavy (non-hydrogen) atoms. The van der Waals surface area contributed by atoms with Gasteiger partial charge < -0.3 is 19.6 Å². The highest BCUT2D eigenvalue weighted by atomic mass is 35.5. The van der Waals surface area contributed by atoms with Crippen LogP contribution in [0.4, 0.5) is 5.69 Å². The number of ether oxygens (including phenoxy) is 1. The van der Waals surface area contributed by atoms with Crippen LogP contribution in [0.15, 0.2) is 34.9 Å². The van der Waals surface area contributed by atoms with Crippen molar-refractivity contribution in [2.45, 2.75) is 6.54 Å². The van der Waals surface area contributed by atoms with Gasteiger partial charge in [0.15, 0.2) is 0 Å². The normalized spacial score (nSPS) is 10.2. The van der Waals surface area contributed by atoms with Crippen molar-refractivity contribution in [1.82, 2.24) is 0 Å². The number of methoxy groups -OCH3 is 1. The number of carboxylic acids is 1. The van der Waals surface area contributed by atoms with Crippen LogP contribution in [0.3, 0.4) is 0 Å². The van der Waals surface area contributed by atoms with Gasteiger partial charge in [-0.15, -0.1) is 0 Å². The van der Waals surface area contributed by atoms with E-state index in [0.29, 0.717) is 23.1 Å². The highest BCUT2D eigenvalue weighted by Gasteiger charge is 2.08. The Morgan fingerprint density at radius 2 is 2.26 bits per heavy atom. The Morgan fingerprint density at radius 1 is 1.47 bits per heavy atom. The largest absolute Gasteiger partial charge is 0.495 e. The third-order valence-corrected chi connectivity index (χ3v) is 2.83. The van der Waals surface area contributed by atoms with E-state index in [-0.39, 0.29) is 5.56 Å². The van der Waals surface area contributed by atoms with E-state index in [0.717, 1.165) is 5.69 Å². The molecule has 0 atom stereocenters. The molecule has 0 saturated heterocycles. The molecule has 0 spiro atoms. The molecular weight excluding hydrogens is 270 g/mol. The Labute approximate surface area is 114 Å². The number of halogens is 1. The van der Waals surface area contributed by atoms with Crippen molar-refractivity contribution in [3.05, 3.63) is 46.9 Å². The topological polar surface area (TPSA) is 71.7 Å². The van der Waals surface area contributed by atoms with Crippen LogP contribution in [0.5, 0.6) is 5.75 Å². The molecule has 5 nitrogen and oxygen atoms in total. The Morgan fingerprint density at radius 3 is 2.89 bits per heavy atom. The fraction of sp³-hybridized carbons (Fsp3) is 0.154. The summed E-state index contributed by atoms with van der Waals surface area (Å²) in [6.07, 6.45) is 1.21. The molecule has 0 fully saturated rings. The van der Waals surface area contributed by atoms with Crippen LogP contribution in [0.1, 0.15) is 16.1 Å². The van der Waals surface area contributed by atoms with Crippen molar-refractivity contribution < 1.29 is 19.1 Å². The van der Waals surface area contributed by atoms with Crippen molar-refractivity contribution in [2.24, 2.45) is 0 Å². The van der Waals surface area contributed by atoms with E-state index in [1.807, 2.05) is 0 Å². The van der Waals surface area contributed by atoms with E-state index >= 15 is 0 Å². The maximum absolute atomic E-state index is 10.7. The predicted octanol–water partition coefficient (Wildman–Crippen LogP) is 3.25. The number of hydrogen-bond acceptors (Lipinski definition) is 4. The molecule has 0 aliphatic rings. The van der Waals surface area contributed by atoms with Gasteiger partial charge in [-0.1, -0.05) is 11.6 Å². The van der Waals surface area contributed by atoms with Gasteiger partial charge in [-0.2, -0.15) is 0 Å². The molecule has 100 valence electrons. The maximum Gasteiger partial charge on any atom is 0.338 e. The lowest BCUT2D eigenvalue weighted by Gasteiger charge is -2.08. The Hall–Kier alpha value is -2.14. The molecule has 2 aromatic rings. The molecule has 0 aliphatic carbocycles. The van der Waals surface area contributed by atoms with Crippen LogP contribution in [0, 0.1) is 0 Å². The lowest BCUT2D eigenvalue weighted by molar-refractivity contribution is 0.0696. The minimum atomic E-state index is -1.01. The number of carbonyl (C=O) groups is 1. The first-order valence-corrected chi connectivity index (χ1v) is 5.86. The first kappa shape index (κ1) is 13.3. The van der Waals surface area contributed by atoms with Gasteiger partial charge in [0.1, 0.15) is 17.8 Å². The van der Waals surface area contributed by atoms with Crippen LogP contribution in [0.25, 0.3) is 0 Å². The summed E-state index contributed by atoms with van der Waals surface area (Å²) >= 11 is 5.92. The summed E-state index contributed by atoms with van der Waals surface area (Å²) in [5.41, 5.74) is 0.931. The number of aromatic carboxylic acids is 1. The van der Waals surface area contributed by atoms with Crippen LogP contribution in [-0.2, 0) is 6.54 Å². The predicted molar refractivity (Wildman–Crippen MR) is 71.0 cm³/mol. The average molecular weight is 282 g/mol. The first-order chi connectivity index (χ1) is 9.10. The molecule has 1 heterocycles. The molecule has 2 N–H and O–H groups in total. The zero-order chi connectivity index (χ0) is 13.8. The second-order valence-corrected chi connectivity index (χ2v) is 4.22. The van der Waals surface area contributed by atoms with Crippen LogP contribution in [0.2, 0.25) is 5.02 Å². The first-order valence-electron chi connectivity index (χ1n) is 5.48. The second-order valence-electron chi connectivity index (χ2n) is 3.81. The van der Waals surface area contributed by atoms with E-state index in [4.69, 9.17) is 25.9 Å². The van der Waals surface area contributed by atoms with Crippen molar-refractivity contribution in [3.8, 4) is 5.75 Å². The molecule has 0 radical (unpaired) electrons. The van der Waals surface area contributed by atoms with Crippen molar-refractivity contribution in [1.29, 1.82) is 0 Å². The summed E-state index contributed by atoms with van der Waals surface area (Å²) in [6.45, 7) is 0.373. The van der Waals surface area contributed by atoms with Gasteiger partial charge in [-0.05, 0) is 18.2 Å². The second kappa shape index (κ2) is 5.67. The van der Waals surface area contributed by atoms with E-state index in [1.54, 1.807) is 18.2 Å². The van der Waals surface area contributed by atoms with Gasteiger partial charge in [0.25, 0.3) is 0 Å². The summed E-state index contributed by atoms with van der Waals surface area (Å²) in [7, 11) is 1.54. The summed E-state index contributed by atoms with van der Waals surface area (Å²) in [5.74, 6) is 0.0896. The molecular formula is C13H12ClNO4. The smallest absolute Gasteiger partial charge is 0.338 e. The molecule has 1 aromatic carbocycles. The number of nitrogens with one attached hydrogen (secondary N) is 1. The SMILES string of the molecule is COc1cc(NCc2cc(C(=O)O)co2)ccc1Cl. The molecule has 2 rings (SSSR count). The van der Waals surface area contributed by atoms with Gasteiger partial charge in [-0.25, -0.2) is 4.79 Å². The molecule has 0 saturated carbocycles. The lowest BCUT2D eigenvalue weighted by atomic mass is 10.3. The molecule has 0 aliphatic heterocycles. The van der Waals surface area contributed by atoms with E-state index in [2.05, 4.69) is 5.32 Å². The monoisotopic (exact) mass is 281 g/mol. The highest BCUT2D eigenvalue weighted by Crippen LogP contribution is 2.27. The molecule has 1 aromatic heterocycles. The summed E-state index contributed by atoms with van der Waals surface area (Å²) in [5, 5.41) is 12.4. The number of hydrogen-bond donors (Lipinski definition) is 2. The highest BCUT2D eigenvalue weighted by molar-refractivity contribution is 6.32. The number of furan rings is 1. The quantitative estimate of drug-likeness (QED) is 0.880. The van der Waals surface area contributed by atoms with E-state index < -0.39 is 5.97 Å². The summed E-state index contributed by atoms with van der Waals surface area (Å²) < 4.78 is 10.2. The third kappa shape index (κ3) is 3.20. The minimum absolute atomic E-state index is 0.130. The summed E-state index contributed by atoms with van der Waals surface area (Å²) in [6, 6.07) is 6.74. The minimum Gasteiger partial charge on any atom is -0.495 e. The van der Waals surface area contributed by atoms with Crippen LogP contribution in [-0.4, -0.2) is 18.2 Å². The standard InChI is InChI=1S/C13H12ClNO4/c1-18-12-5-9(2-3-11(12)14)15-6-10-4-8(7-19-10)13(16)17/h2-5,7,15H,6H2,1H3,(H,16,17). The Balaban J connectivity index is 2.03. The van der Waals surface area contributed by atoms with Gasteiger partial charge in [0.2, 0.25) is 0 Å².